The Morgan fingerprint density at radius 1 is 1.30 bits per heavy atom. The van der Waals surface area contributed by atoms with E-state index in [9.17, 15) is 14.7 Å². The largest absolute Gasteiger partial charge is 0.462 e. The van der Waals surface area contributed by atoms with E-state index in [2.05, 4.69) is 38.0 Å². The lowest BCUT2D eigenvalue weighted by Gasteiger charge is -2.38. The van der Waals surface area contributed by atoms with Gasteiger partial charge in [-0.2, -0.15) is 0 Å². The van der Waals surface area contributed by atoms with E-state index in [0.717, 1.165) is 31.2 Å². The van der Waals surface area contributed by atoms with Crippen molar-refractivity contribution in [2.45, 2.75) is 99.1 Å². The summed E-state index contributed by atoms with van der Waals surface area (Å²) < 4.78 is 6.98. The first-order valence-electron chi connectivity index (χ1n) is 11.2. The van der Waals surface area contributed by atoms with Gasteiger partial charge in [0.25, 0.3) is 0 Å². The Balaban J connectivity index is 2.50. The van der Waals surface area contributed by atoms with Crippen LogP contribution in [-0.4, -0.2) is 45.1 Å². The van der Waals surface area contributed by atoms with Gasteiger partial charge in [0.15, 0.2) is 0 Å². The Morgan fingerprint density at radius 3 is 2.63 bits per heavy atom. The minimum Gasteiger partial charge on any atom is -0.462 e. The lowest BCUT2D eigenvalue weighted by molar-refractivity contribution is -0.159. The number of esters is 1. The SMILES string of the molecule is CCCCC(C)C(C)(C)CC(C)(C)C(=O)OCC(O)Cn1cc(CCCC=O)nn1. The number of nitrogens with zero attached hydrogens (tertiary/aromatic N) is 3. The molecule has 1 aromatic heterocycles. The molecule has 2 unspecified atom stereocenters. The van der Waals surface area contributed by atoms with Crippen LogP contribution in [0.5, 0.6) is 0 Å². The molecule has 0 aliphatic carbocycles. The highest BCUT2D eigenvalue weighted by Gasteiger charge is 2.38. The Hall–Kier alpha value is -1.76. The van der Waals surface area contributed by atoms with E-state index in [1.807, 2.05) is 13.8 Å². The molecule has 0 radical (unpaired) electrons. The van der Waals surface area contributed by atoms with Gasteiger partial charge in [-0.25, -0.2) is 4.68 Å². The molecular formula is C23H41N3O4. The van der Waals surface area contributed by atoms with Gasteiger partial charge < -0.3 is 14.6 Å². The quantitative estimate of drug-likeness (QED) is 0.261. The lowest BCUT2D eigenvalue weighted by Crippen LogP contribution is -2.36. The number of aryl methyl sites for hydroxylation is 1. The standard InChI is InChI=1S/C23H41N3O4/c1-7-8-11-18(2)22(3,4)17-23(5,6)21(29)30-16-20(28)15-26-14-19(24-25-26)12-9-10-13-27/h13-14,18,20,28H,7-12,15-17H2,1-6H3. The molecule has 0 bridgehead atoms. The zero-order valence-electron chi connectivity index (χ0n) is 19.7. The van der Waals surface area contributed by atoms with Gasteiger partial charge in [-0.1, -0.05) is 52.2 Å². The van der Waals surface area contributed by atoms with Crippen molar-refractivity contribution < 1.29 is 19.4 Å². The maximum Gasteiger partial charge on any atom is 0.311 e. The molecule has 30 heavy (non-hydrogen) atoms. The third-order valence-electron chi connectivity index (χ3n) is 5.92. The van der Waals surface area contributed by atoms with E-state index in [4.69, 9.17) is 4.74 Å². The Bertz CT molecular complexity index is 655. The van der Waals surface area contributed by atoms with Gasteiger partial charge in [-0.3, -0.25) is 4.79 Å². The fourth-order valence-electron chi connectivity index (χ4n) is 3.83. The summed E-state index contributed by atoms with van der Waals surface area (Å²) in [6, 6.07) is 0. The Morgan fingerprint density at radius 2 is 2.00 bits per heavy atom. The van der Waals surface area contributed by atoms with Crippen molar-refractivity contribution in [1.29, 1.82) is 0 Å². The first-order valence-corrected chi connectivity index (χ1v) is 11.2. The average Bonchev–Trinajstić information content (AvgIpc) is 3.10. The zero-order chi connectivity index (χ0) is 22.8. The normalized spacial score (nSPS) is 14.4. The lowest BCUT2D eigenvalue weighted by atomic mass is 9.67. The van der Waals surface area contributed by atoms with Gasteiger partial charge in [-0.05, 0) is 44.4 Å². The second-order valence-electron chi connectivity index (χ2n) is 9.84. The van der Waals surface area contributed by atoms with Crippen LogP contribution in [0.25, 0.3) is 0 Å². The summed E-state index contributed by atoms with van der Waals surface area (Å²) in [4.78, 5) is 23.1. The zero-order valence-corrected chi connectivity index (χ0v) is 19.7. The smallest absolute Gasteiger partial charge is 0.311 e. The highest BCUT2D eigenvalue weighted by atomic mass is 16.5. The van der Waals surface area contributed by atoms with Crippen LogP contribution in [-0.2, 0) is 27.3 Å². The first kappa shape index (κ1) is 26.3. The van der Waals surface area contributed by atoms with E-state index in [1.165, 1.54) is 12.8 Å². The predicted molar refractivity (Wildman–Crippen MR) is 117 cm³/mol. The van der Waals surface area contributed by atoms with Crippen LogP contribution >= 0.6 is 0 Å². The minimum absolute atomic E-state index is 0.0251. The van der Waals surface area contributed by atoms with Crippen molar-refractivity contribution in [2.75, 3.05) is 6.61 Å². The molecular weight excluding hydrogens is 382 g/mol. The number of aldehydes is 1. The molecule has 0 fully saturated rings. The van der Waals surface area contributed by atoms with E-state index in [1.54, 1.807) is 10.9 Å². The predicted octanol–water partition coefficient (Wildman–Crippen LogP) is 3.97. The van der Waals surface area contributed by atoms with Crippen molar-refractivity contribution >= 4 is 12.3 Å². The fourth-order valence-corrected chi connectivity index (χ4v) is 3.83. The van der Waals surface area contributed by atoms with E-state index in [0.29, 0.717) is 18.8 Å². The molecule has 1 heterocycles. The molecule has 1 aromatic rings. The molecule has 0 aromatic carbocycles. The summed E-state index contributed by atoms with van der Waals surface area (Å²) >= 11 is 0. The number of aliphatic hydroxyl groups is 1. The van der Waals surface area contributed by atoms with Gasteiger partial charge in [-0.15, -0.1) is 5.10 Å². The summed E-state index contributed by atoms with van der Waals surface area (Å²) in [5.74, 6) is 0.230. The van der Waals surface area contributed by atoms with Crippen molar-refractivity contribution in [3.05, 3.63) is 11.9 Å². The van der Waals surface area contributed by atoms with Crippen LogP contribution in [0.4, 0.5) is 0 Å². The number of carbonyl (C=O) groups is 2. The molecule has 7 nitrogen and oxygen atoms in total. The van der Waals surface area contributed by atoms with Crippen LogP contribution in [0.2, 0.25) is 0 Å². The van der Waals surface area contributed by atoms with Crippen molar-refractivity contribution in [2.24, 2.45) is 16.7 Å². The highest BCUT2D eigenvalue weighted by Crippen LogP contribution is 2.41. The van der Waals surface area contributed by atoms with Crippen LogP contribution in [0.1, 0.15) is 85.8 Å². The first-order chi connectivity index (χ1) is 14.0. The van der Waals surface area contributed by atoms with Crippen molar-refractivity contribution in [1.82, 2.24) is 15.0 Å². The molecule has 0 aliphatic rings. The van der Waals surface area contributed by atoms with Crippen LogP contribution < -0.4 is 0 Å². The van der Waals surface area contributed by atoms with E-state index >= 15 is 0 Å². The number of carbonyl (C=O) groups excluding carboxylic acids is 2. The molecule has 0 amide bonds. The maximum atomic E-state index is 12.7. The minimum atomic E-state index is -0.856. The van der Waals surface area contributed by atoms with Crippen molar-refractivity contribution in [3.63, 3.8) is 0 Å². The third kappa shape index (κ3) is 8.94. The maximum absolute atomic E-state index is 12.7. The fraction of sp³-hybridized carbons (Fsp3) is 0.826. The molecule has 0 aliphatic heterocycles. The topological polar surface area (TPSA) is 94.3 Å². The monoisotopic (exact) mass is 423 g/mol. The summed E-state index contributed by atoms with van der Waals surface area (Å²) in [6.45, 7) is 12.8. The molecule has 172 valence electrons. The van der Waals surface area contributed by atoms with Crippen LogP contribution in [0.15, 0.2) is 6.20 Å². The molecule has 0 saturated heterocycles. The second-order valence-corrected chi connectivity index (χ2v) is 9.84. The number of rotatable bonds is 15. The number of ether oxygens (including phenoxy) is 1. The molecule has 1 rings (SSSR count). The van der Waals surface area contributed by atoms with E-state index in [-0.39, 0.29) is 24.5 Å². The molecule has 0 spiro atoms. The molecule has 2 atom stereocenters. The third-order valence-corrected chi connectivity index (χ3v) is 5.92. The number of unbranched alkanes of at least 4 members (excludes halogenated alkanes) is 2. The summed E-state index contributed by atoms with van der Waals surface area (Å²) in [5, 5.41) is 18.3. The number of aliphatic hydroxyl groups excluding tert-OH is 1. The number of aromatic nitrogens is 3. The number of hydrogen-bond acceptors (Lipinski definition) is 6. The van der Waals surface area contributed by atoms with Gasteiger partial charge >= 0.3 is 5.97 Å². The highest BCUT2D eigenvalue weighted by molar-refractivity contribution is 5.76. The van der Waals surface area contributed by atoms with Gasteiger partial charge in [0.05, 0.1) is 17.7 Å². The summed E-state index contributed by atoms with van der Waals surface area (Å²) in [5.41, 5.74) is 0.182. The van der Waals surface area contributed by atoms with Crippen LogP contribution in [0, 0.1) is 16.7 Å². The van der Waals surface area contributed by atoms with Crippen molar-refractivity contribution in [3.8, 4) is 0 Å². The Labute approximate surface area is 181 Å². The second kappa shape index (κ2) is 12.2. The molecule has 1 N–H and O–H groups in total. The molecule has 0 saturated carbocycles. The van der Waals surface area contributed by atoms with E-state index < -0.39 is 11.5 Å². The van der Waals surface area contributed by atoms with Gasteiger partial charge in [0.1, 0.15) is 19.0 Å². The summed E-state index contributed by atoms with van der Waals surface area (Å²) in [7, 11) is 0. The van der Waals surface area contributed by atoms with Gasteiger partial charge in [0, 0.05) is 12.6 Å². The molecule has 7 heteroatoms. The Kier molecular flexibility index (Phi) is 10.7. The van der Waals surface area contributed by atoms with Crippen LogP contribution in [0.3, 0.4) is 0 Å². The van der Waals surface area contributed by atoms with Gasteiger partial charge in [0.2, 0.25) is 0 Å². The average molecular weight is 424 g/mol. The summed E-state index contributed by atoms with van der Waals surface area (Å²) in [6.07, 6.45) is 7.93. The number of hydrogen-bond donors (Lipinski definition) is 1.